The smallest absolute Gasteiger partial charge is 0.240 e. The maximum absolute atomic E-state index is 12.7. The van der Waals surface area contributed by atoms with Gasteiger partial charge in [-0.05, 0) is 51.2 Å². The lowest BCUT2D eigenvalue weighted by atomic mass is 9.98. The number of ether oxygens (including phenoxy) is 1. The Balaban J connectivity index is 1.30. The quantitative estimate of drug-likeness (QED) is 0.643. The van der Waals surface area contributed by atoms with E-state index < -0.39 is 22.2 Å². The van der Waals surface area contributed by atoms with Gasteiger partial charge < -0.3 is 9.84 Å². The number of hydrogen-bond acceptors (Lipinski definition) is 6. The fourth-order valence-electron chi connectivity index (χ4n) is 4.57. The van der Waals surface area contributed by atoms with Crippen molar-refractivity contribution in [3.63, 3.8) is 0 Å². The number of rotatable bonds is 8. The van der Waals surface area contributed by atoms with Crippen molar-refractivity contribution in [1.82, 2.24) is 19.7 Å². The van der Waals surface area contributed by atoms with Gasteiger partial charge in [-0.3, -0.25) is 4.68 Å². The van der Waals surface area contributed by atoms with Crippen LogP contribution in [0.3, 0.4) is 0 Å². The molecule has 4 rings (SSSR count). The van der Waals surface area contributed by atoms with Crippen LogP contribution in [0.25, 0.3) is 0 Å². The Kier molecular flexibility index (Phi) is 7.05. The Bertz CT molecular complexity index is 954. The summed E-state index contributed by atoms with van der Waals surface area (Å²) in [5, 5.41) is 18.4. The second-order valence-electron chi connectivity index (χ2n) is 8.77. The Morgan fingerprint density at radius 2 is 1.90 bits per heavy atom. The molecule has 2 aliphatic rings. The fourth-order valence-corrected chi connectivity index (χ4v) is 5.87. The summed E-state index contributed by atoms with van der Waals surface area (Å²) in [7, 11) is -3.66. The molecular formula is C22H32N4O4S. The van der Waals surface area contributed by atoms with E-state index in [1.165, 1.54) is 25.7 Å². The number of aromatic nitrogens is 3. The molecule has 1 saturated heterocycles. The van der Waals surface area contributed by atoms with Crippen molar-refractivity contribution in [2.75, 3.05) is 6.61 Å². The average Bonchev–Trinajstić information content (AvgIpc) is 3.45. The highest BCUT2D eigenvalue weighted by Gasteiger charge is 2.34. The van der Waals surface area contributed by atoms with Gasteiger partial charge in [0, 0.05) is 18.7 Å². The molecule has 0 spiro atoms. The number of nitrogens with zero attached hydrogens (tertiary/aromatic N) is 3. The molecule has 2 aromatic rings. The molecule has 0 amide bonds. The highest BCUT2D eigenvalue weighted by Crippen LogP contribution is 2.32. The molecule has 3 atom stereocenters. The minimum Gasteiger partial charge on any atom is -0.394 e. The van der Waals surface area contributed by atoms with Gasteiger partial charge in [-0.15, -0.1) is 5.10 Å². The van der Waals surface area contributed by atoms with E-state index in [0.29, 0.717) is 18.9 Å². The third-order valence-corrected chi connectivity index (χ3v) is 7.95. The van der Waals surface area contributed by atoms with E-state index in [1.54, 1.807) is 24.3 Å². The van der Waals surface area contributed by atoms with Gasteiger partial charge in [0.2, 0.25) is 10.0 Å². The summed E-state index contributed by atoms with van der Waals surface area (Å²) >= 11 is 0. The van der Waals surface area contributed by atoms with Crippen LogP contribution >= 0.6 is 0 Å². The highest BCUT2D eigenvalue weighted by atomic mass is 32.2. The van der Waals surface area contributed by atoms with Gasteiger partial charge in [-0.1, -0.05) is 35.8 Å². The second kappa shape index (κ2) is 9.77. The summed E-state index contributed by atoms with van der Waals surface area (Å²) in [6.45, 7) is 2.38. The van der Waals surface area contributed by atoms with E-state index in [2.05, 4.69) is 15.0 Å². The zero-order chi connectivity index (χ0) is 21.8. The van der Waals surface area contributed by atoms with E-state index in [9.17, 15) is 13.5 Å². The number of aliphatic hydroxyl groups is 1. The van der Waals surface area contributed by atoms with Gasteiger partial charge in [-0.2, -0.15) is 0 Å². The van der Waals surface area contributed by atoms with Gasteiger partial charge in [-0.25, -0.2) is 13.1 Å². The van der Waals surface area contributed by atoms with Crippen LogP contribution in [0.2, 0.25) is 0 Å². The lowest BCUT2D eigenvalue weighted by molar-refractivity contribution is -0.0891. The zero-order valence-corrected chi connectivity index (χ0v) is 18.8. The molecule has 2 heterocycles. The molecule has 31 heavy (non-hydrogen) atoms. The highest BCUT2D eigenvalue weighted by molar-refractivity contribution is 7.89. The summed E-state index contributed by atoms with van der Waals surface area (Å²) in [4.78, 5) is 0.223. The number of nitrogens with one attached hydrogen (secondary N) is 1. The zero-order valence-electron chi connectivity index (χ0n) is 18.0. The van der Waals surface area contributed by atoms with Gasteiger partial charge >= 0.3 is 0 Å². The van der Waals surface area contributed by atoms with Crippen LogP contribution in [-0.4, -0.2) is 53.4 Å². The van der Waals surface area contributed by atoms with Crippen LogP contribution in [0.5, 0.6) is 0 Å². The minimum atomic E-state index is -3.66. The molecule has 0 unspecified atom stereocenters. The number of sulfonamides is 1. The maximum atomic E-state index is 12.7. The Labute approximate surface area is 184 Å². The fraction of sp³-hybridized carbons (Fsp3) is 0.636. The lowest BCUT2D eigenvalue weighted by Gasteiger charge is -2.36. The molecule has 8 nitrogen and oxygen atoms in total. The van der Waals surface area contributed by atoms with E-state index in [1.807, 2.05) is 17.8 Å². The second-order valence-corrected chi connectivity index (χ2v) is 10.5. The van der Waals surface area contributed by atoms with Crippen LogP contribution < -0.4 is 4.72 Å². The average molecular weight is 449 g/mol. The maximum Gasteiger partial charge on any atom is 0.240 e. The molecule has 1 aromatic heterocycles. The third-order valence-electron chi connectivity index (χ3n) is 6.44. The third kappa shape index (κ3) is 5.52. The van der Waals surface area contributed by atoms with Crippen molar-refractivity contribution < 1.29 is 18.3 Å². The van der Waals surface area contributed by atoms with Crippen LogP contribution in [0.4, 0.5) is 0 Å². The number of hydrogen-bond donors (Lipinski definition) is 2. The molecule has 1 saturated carbocycles. The first kappa shape index (κ1) is 22.4. The van der Waals surface area contributed by atoms with E-state index in [0.717, 1.165) is 24.1 Å². The lowest BCUT2D eigenvalue weighted by Crippen LogP contribution is -2.50. The van der Waals surface area contributed by atoms with E-state index >= 15 is 0 Å². The van der Waals surface area contributed by atoms with Crippen LogP contribution in [-0.2, 0) is 21.3 Å². The molecular weight excluding hydrogens is 416 g/mol. The molecule has 1 aliphatic heterocycles. The summed E-state index contributed by atoms with van der Waals surface area (Å²) in [6, 6.07) is 6.28. The summed E-state index contributed by atoms with van der Waals surface area (Å²) in [6.07, 6.45) is 8.45. The van der Waals surface area contributed by atoms with E-state index in [-0.39, 0.29) is 17.6 Å². The molecule has 170 valence electrons. The molecule has 1 aliphatic carbocycles. The number of benzene rings is 1. The van der Waals surface area contributed by atoms with Crippen LogP contribution in [0.1, 0.15) is 62.1 Å². The summed E-state index contributed by atoms with van der Waals surface area (Å²) in [5.74, 6) is 0.542. The summed E-state index contributed by atoms with van der Waals surface area (Å²) < 4.78 is 36.1. The molecule has 2 fully saturated rings. The van der Waals surface area contributed by atoms with Crippen LogP contribution in [0, 0.1) is 6.92 Å². The van der Waals surface area contributed by atoms with Crippen molar-refractivity contribution in [3.8, 4) is 0 Å². The number of aliphatic hydroxyl groups excluding tert-OH is 1. The molecule has 2 N–H and O–H groups in total. The van der Waals surface area contributed by atoms with Crippen LogP contribution in [0.15, 0.2) is 35.4 Å². The van der Waals surface area contributed by atoms with Crippen molar-refractivity contribution in [2.24, 2.45) is 0 Å². The van der Waals surface area contributed by atoms with Gasteiger partial charge in [0.25, 0.3) is 0 Å². The van der Waals surface area contributed by atoms with Crippen molar-refractivity contribution in [1.29, 1.82) is 0 Å². The Morgan fingerprint density at radius 1 is 1.16 bits per heavy atom. The Morgan fingerprint density at radius 3 is 2.61 bits per heavy atom. The van der Waals surface area contributed by atoms with Gasteiger partial charge in [0.15, 0.2) is 0 Å². The standard InChI is InChI=1S/C22H32N4O4S/c1-16-6-9-19(10-7-16)31(28,29)24-20-11-8-18(30-22(20)15-27)12-13-26-14-21(23-25-26)17-4-2-3-5-17/h6-7,9-10,14,17-18,20,22,24,27H,2-5,8,11-13,15H2,1H3/t18-,20-,22-/m1/s1. The first-order chi connectivity index (χ1) is 14.9. The molecule has 1 aromatic carbocycles. The molecule has 0 radical (unpaired) electrons. The first-order valence-corrected chi connectivity index (χ1v) is 12.7. The molecule has 0 bridgehead atoms. The molecule has 9 heteroatoms. The topological polar surface area (TPSA) is 106 Å². The van der Waals surface area contributed by atoms with Gasteiger partial charge in [0.1, 0.15) is 0 Å². The largest absolute Gasteiger partial charge is 0.394 e. The Hall–Kier alpha value is -1.81. The monoisotopic (exact) mass is 448 g/mol. The first-order valence-electron chi connectivity index (χ1n) is 11.2. The van der Waals surface area contributed by atoms with Crippen molar-refractivity contribution in [2.45, 2.75) is 87.5 Å². The predicted octanol–water partition coefficient (Wildman–Crippen LogP) is 2.52. The SMILES string of the molecule is Cc1ccc(S(=O)(=O)N[C@@H]2CC[C@H](CCn3cc(C4CCCC4)nn3)O[C@@H]2CO)cc1. The van der Waals surface area contributed by atoms with Crippen molar-refractivity contribution >= 4 is 10.0 Å². The van der Waals surface area contributed by atoms with E-state index in [4.69, 9.17) is 4.74 Å². The minimum absolute atomic E-state index is 0.0450. The number of aryl methyl sites for hydroxylation is 2. The van der Waals surface area contributed by atoms with Crippen molar-refractivity contribution in [3.05, 3.63) is 41.7 Å². The van der Waals surface area contributed by atoms with Gasteiger partial charge in [0.05, 0.1) is 35.4 Å². The summed E-state index contributed by atoms with van der Waals surface area (Å²) in [5.41, 5.74) is 2.08. The normalized spacial score (nSPS) is 25.2. The predicted molar refractivity (Wildman–Crippen MR) is 116 cm³/mol.